The van der Waals surface area contributed by atoms with Crippen molar-refractivity contribution in [3.8, 4) is 0 Å². The number of anilines is 2. The Kier molecular flexibility index (Phi) is 5.05. The minimum absolute atomic E-state index is 0.0561. The van der Waals surface area contributed by atoms with E-state index in [4.69, 9.17) is 0 Å². The minimum Gasteiger partial charge on any atom is -0.369 e. The Morgan fingerprint density at radius 1 is 1.21 bits per heavy atom. The Bertz CT molecular complexity index is 842. The number of thiophene rings is 1. The van der Waals surface area contributed by atoms with Gasteiger partial charge in [-0.2, -0.15) is 0 Å². The first-order valence-corrected chi connectivity index (χ1v) is 8.81. The zero-order valence-electron chi connectivity index (χ0n) is 13.8. The van der Waals surface area contributed by atoms with Crippen molar-refractivity contribution in [1.29, 1.82) is 0 Å². The lowest BCUT2D eigenvalue weighted by molar-refractivity contribution is -0.114. The minimum atomic E-state index is -0.0561. The van der Waals surface area contributed by atoms with Crippen molar-refractivity contribution in [1.82, 2.24) is 9.97 Å². The van der Waals surface area contributed by atoms with E-state index in [0.717, 1.165) is 41.1 Å². The van der Waals surface area contributed by atoms with E-state index in [2.05, 4.69) is 33.6 Å². The molecule has 3 rings (SSSR count). The fourth-order valence-corrected chi connectivity index (χ4v) is 3.44. The normalized spacial score (nSPS) is 10.8. The van der Waals surface area contributed by atoms with E-state index in [1.807, 2.05) is 24.3 Å². The van der Waals surface area contributed by atoms with Crippen LogP contribution in [0.15, 0.2) is 36.7 Å². The van der Waals surface area contributed by atoms with Gasteiger partial charge in [0.15, 0.2) is 0 Å². The maximum absolute atomic E-state index is 11.0. The zero-order chi connectivity index (χ0) is 16.9. The number of nitrogens with zero attached hydrogens (tertiary/aromatic N) is 2. The van der Waals surface area contributed by atoms with Crippen molar-refractivity contribution in [2.45, 2.75) is 26.7 Å². The summed E-state index contributed by atoms with van der Waals surface area (Å²) in [4.78, 5) is 22.1. The highest BCUT2D eigenvalue weighted by molar-refractivity contribution is 7.18. The summed E-state index contributed by atoms with van der Waals surface area (Å²) in [6.07, 6.45) is 3.51. The molecule has 0 spiro atoms. The van der Waals surface area contributed by atoms with Crippen LogP contribution >= 0.6 is 11.3 Å². The van der Waals surface area contributed by atoms with Crippen LogP contribution in [0.5, 0.6) is 0 Å². The molecule has 24 heavy (non-hydrogen) atoms. The van der Waals surface area contributed by atoms with Crippen molar-refractivity contribution in [2.24, 2.45) is 0 Å². The van der Waals surface area contributed by atoms with E-state index in [-0.39, 0.29) is 5.91 Å². The Morgan fingerprint density at radius 3 is 2.71 bits per heavy atom. The average molecular weight is 340 g/mol. The molecule has 1 aromatic carbocycles. The van der Waals surface area contributed by atoms with E-state index in [0.29, 0.717) is 0 Å². The third-order valence-electron chi connectivity index (χ3n) is 3.71. The van der Waals surface area contributed by atoms with Crippen molar-refractivity contribution in [2.75, 3.05) is 17.2 Å². The summed E-state index contributed by atoms with van der Waals surface area (Å²) in [5, 5.41) is 7.28. The number of benzene rings is 1. The van der Waals surface area contributed by atoms with Crippen molar-refractivity contribution in [3.63, 3.8) is 0 Å². The van der Waals surface area contributed by atoms with Gasteiger partial charge >= 0.3 is 0 Å². The molecule has 0 unspecified atom stereocenters. The number of carbonyl (C=O) groups excluding carboxylic acids is 1. The van der Waals surface area contributed by atoms with Gasteiger partial charge in [-0.05, 0) is 36.6 Å². The number of carbonyl (C=O) groups is 1. The molecule has 0 aliphatic rings. The molecule has 2 heterocycles. The SMILES string of the molecule is CCc1cc2c(NCCc3ccc(NC(C)=O)cc3)ncnc2s1. The predicted molar refractivity (Wildman–Crippen MR) is 99.7 cm³/mol. The van der Waals surface area contributed by atoms with Crippen LogP contribution in [0.3, 0.4) is 0 Å². The molecule has 2 aromatic heterocycles. The summed E-state index contributed by atoms with van der Waals surface area (Å²) in [5.74, 6) is 0.838. The van der Waals surface area contributed by atoms with E-state index in [9.17, 15) is 4.79 Å². The Hall–Kier alpha value is -2.47. The molecule has 0 atom stereocenters. The second-order valence-corrected chi connectivity index (χ2v) is 6.68. The number of nitrogens with one attached hydrogen (secondary N) is 2. The molecular weight excluding hydrogens is 320 g/mol. The molecule has 1 amide bonds. The highest BCUT2D eigenvalue weighted by Crippen LogP contribution is 2.28. The number of hydrogen-bond donors (Lipinski definition) is 2. The fraction of sp³-hybridized carbons (Fsp3) is 0.278. The monoisotopic (exact) mass is 340 g/mol. The molecule has 124 valence electrons. The molecular formula is C18H20N4OS. The van der Waals surface area contributed by atoms with Crippen LogP contribution < -0.4 is 10.6 Å². The quantitative estimate of drug-likeness (QED) is 0.715. The lowest BCUT2D eigenvalue weighted by Gasteiger charge is -2.07. The van der Waals surface area contributed by atoms with Gasteiger partial charge in [0.1, 0.15) is 17.0 Å². The van der Waals surface area contributed by atoms with Crippen molar-refractivity contribution in [3.05, 3.63) is 47.1 Å². The van der Waals surface area contributed by atoms with Gasteiger partial charge in [0.2, 0.25) is 5.91 Å². The van der Waals surface area contributed by atoms with E-state index < -0.39 is 0 Å². The van der Waals surface area contributed by atoms with Crippen LogP contribution in [-0.2, 0) is 17.6 Å². The van der Waals surface area contributed by atoms with Crippen LogP contribution in [0, 0.1) is 0 Å². The molecule has 2 N–H and O–H groups in total. The van der Waals surface area contributed by atoms with Crippen LogP contribution in [0.4, 0.5) is 11.5 Å². The van der Waals surface area contributed by atoms with Crippen molar-refractivity contribution >= 4 is 39.0 Å². The van der Waals surface area contributed by atoms with Gasteiger partial charge in [0.05, 0.1) is 5.39 Å². The summed E-state index contributed by atoms with van der Waals surface area (Å²) in [6, 6.07) is 10.1. The van der Waals surface area contributed by atoms with Crippen LogP contribution in [0.2, 0.25) is 0 Å². The highest BCUT2D eigenvalue weighted by atomic mass is 32.1. The lowest BCUT2D eigenvalue weighted by atomic mass is 10.1. The summed E-state index contributed by atoms with van der Waals surface area (Å²) in [6.45, 7) is 4.45. The molecule has 0 radical (unpaired) electrons. The van der Waals surface area contributed by atoms with Crippen LogP contribution in [0.25, 0.3) is 10.2 Å². The molecule has 0 bridgehead atoms. The second-order valence-electron chi connectivity index (χ2n) is 5.56. The van der Waals surface area contributed by atoms with Gasteiger partial charge in [0.25, 0.3) is 0 Å². The van der Waals surface area contributed by atoms with Gasteiger partial charge in [-0.3, -0.25) is 4.79 Å². The number of hydrogen-bond acceptors (Lipinski definition) is 5. The summed E-state index contributed by atoms with van der Waals surface area (Å²) in [5.41, 5.74) is 2.03. The smallest absolute Gasteiger partial charge is 0.221 e. The molecule has 5 nitrogen and oxygen atoms in total. The first kappa shape index (κ1) is 16.4. The lowest BCUT2D eigenvalue weighted by Crippen LogP contribution is -2.07. The van der Waals surface area contributed by atoms with Gasteiger partial charge in [-0.1, -0.05) is 19.1 Å². The number of rotatable bonds is 6. The predicted octanol–water partition coefficient (Wildman–Crippen LogP) is 3.87. The zero-order valence-corrected chi connectivity index (χ0v) is 14.6. The summed E-state index contributed by atoms with van der Waals surface area (Å²) in [7, 11) is 0. The van der Waals surface area contributed by atoms with E-state index in [1.165, 1.54) is 17.4 Å². The van der Waals surface area contributed by atoms with Crippen molar-refractivity contribution < 1.29 is 4.79 Å². The van der Waals surface area contributed by atoms with Gasteiger partial charge < -0.3 is 10.6 Å². The second kappa shape index (κ2) is 7.40. The van der Waals surface area contributed by atoms with E-state index in [1.54, 1.807) is 17.7 Å². The maximum atomic E-state index is 11.0. The number of fused-ring (bicyclic) bond motifs is 1. The molecule has 0 aliphatic carbocycles. The molecule has 6 heteroatoms. The number of aryl methyl sites for hydroxylation is 1. The average Bonchev–Trinajstić information content (AvgIpc) is 3.00. The molecule has 0 saturated carbocycles. The summed E-state index contributed by atoms with van der Waals surface area (Å²) >= 11 is 1.72. The largest absolute Gasteiger partial charge is 0.369 e. The molecule has 3 aromatic rings. The Labute approximate surface area is 145 Å². The maximum Gasteiger partial charge on any atom is 0.221 e. The standard InChI is InChI=1S/C18H20N4OS/c1-3-15-10-16-17(20-11-21-18(16)24-15)19-9-8-13-4-6-14(7-5-13)22-12(2)23/h4-7,10-11H,3,8-9H2,1-2H3,(H,22,23)(H,19,20,21). The third kappa shape index (κ3) is 3.89. The van der Waals surface area contributed by atoms with Crippen LogP contribution in [0.1, 0.15) is 24.3 Å². The van der Waals surface area contributed by atoms with Gasteiger partial charge in [-0.25, -0.2) is 9.97 Å². The van der Waals surface area contributed by atoms with Gasteiger partial charge in [0, 0.05) is 24.0 Å². The summed E-state index contributed by atoms with van der Waals surface area (Å²) < 4.78 is 0. The third-order valence-corrected chi connectivity index (χ3v) is 4.90. The Balaban J connectivity index is 1.62. The van der Waals surface area contributed by atoms with E-state index >= 15 is 0 Å². The molecule has 0 aliphatic heterocycles. The van der Waals surface area contributed by atoms with Crippen LogP contribution in [-0.4, -0.2) is 22.4 Å². The molecule has 0 fully saturated rings. The first-order chi connectivity index (χ1) is 11.7. The molecule has 0 saturated heterocycles. The first-order valence-electron chi connectivity index (χ1n) is 7.99. The highest BCUT2D eigenvalue weighted by Gasteiger charge is 2.07. The number of amides is 1. The fourth-order valence-electron chi connectivity index (χ4n) is 2.50. The van der Waals surface area contributed by atoms with Gasteiger partial charge in [-0.15, -0.1) is 11.3 Å². The Morgan fingerprint density at radius 2 is 2.00 bits per heavy atom. The number of aromatic nitrogens is 2. The topological polar surface area (TPSA) is 66.9 Å².